The first-order valence-electron chi connectivity index (χ1n) is 21.0. The minimum Gasteiger partial charge on any atom is -0.494 e. The van der Waals surface area contributed by atoms with E-state index in [-0.39, 0.29) is 30.6 Å². The second kappa shape index (κ2) is 20.4. The molecule has 7 rings (SSSR count). The van der Waals surface area contributed by atoms with Crippen molar-refractivity contribution in [1.82, 2.24) is 10.6 Å². The van der Waals surface area contributed by atoms with Crippen molar-refractivity contribution < 1.29 is 47.3 Å². The zero-order chi connectivity index (χ0) is 45.3. The molecule has 1 fully saturated rings. The van der Waals surface area contributed by atoms with E-state index in [0.717, 1.165) is 11.1 Å². The van der Waals surface area contributed by atoms with Crippen molar-refractivity contribution in [3.8, 4) is 29.6 Å². The van der Waals surface area contributed by atoms with Crippen molar-refractivity contribution in [1.29, 1.82) is 0 Å². The third-order valence-corrected chi connectivity index (χ3v) is 11.3. The van der Waals surface area contributed by atoms with Crippen LogP contribution in [-0.2, 0) is 29.3 Å². The van der Waals surface area contributed by atoms with Crippen molar-refractivity contribution in [2.75, 3.05) is 44.9 Å². The van der Waals surface area contributed by atoms with Crippen molar-refractivity contribution in [3.05, 3.63) is 142 Å². The predicted molar refractivity (Wildman–Crippen MR) is 243 cm³/mol. The van der Waals surface area contributed by atoms with Crippen LogP contribution in [-0.4, -0.2) is 74.8 Å². The van der Waals surface area contributed by atoms with Crippen LogP contribution in [0.3, 0.4) is 0 Å². The maximum absolute atomic E-state index is 14.4. The van der Waals surface area contributed by atoms with Gasteiger partial charge >= 0.3 is 5.97 Å². The molecule has 0 bridgehead atoms. The first-order valence-corrected chi connectivity index (χ1v) is 21.8. The summed E-state index contributed by atoms with van der Waals surface area (Å²) in [6, 6.07) is 30.5. The molecule has 4 atom stereocenters. The highest BCUT2D eigenvalue weighted by Crippen LogP contribution is 2.59. The Morgan fingerprint density at radius 1 is 0.812 bits per heavy atom. The van der Waals surface area contributed by atoms with E-state index in [1.54, 1.807) is 60.7 Å². The predicted octanol–water partition coefficient (Wildman–Crippen LogP) is 7.68. The maximum atomic E-state index is 14.4. The molecule has 1 spiro atoms. The van der Waals surface area contributed by atoms with Crippen LogP contribution < -0.4 is 30.2 Å². The summed E-state index contributed by atoms with van der Waals surface area (Å²) in [5.74, 6) is 3.01. The zero-order valence-corrected chi connectivity index (χ0v) is 37.4. The van der Waals surface area contributed by atoms with E-state index >= 15 is 0 Å². The summed E-state index contributed by atoms with van der Waals surface area (Å²) in [6.07, 6.45) is 5.96. The monoisotopic (exact) mass is 931 g/mol. The van der Waals surface area contributed by atoms with Gasteiger partial charge in [0.05, 0.1) is 25.9 Å². The lowest BCUT2D eigenvalue weighted by Gasteiger charge is -2.34. The number of ether oxygens (including phenoxy) is 5. The maximum Gasteiger partial charge on any atom is 0.324 e. The zero-order valence-electron chi connectivity index (χ0n) is 35.8. The molecule has 13 nitrogen and oxygen atoms in total. The van der Waals surface area contributed by atoms with Gasteiger partial charge in [0, 0.05) is 35.7 Å². The van der Waals surface area contributed by atoms with E-state index in [2.05, 4.69) is 37.8 Å². The van der Waals surface area contributed by atoms with Crippen LogP contribution in [0.25, 0.3) is 0 Å². The Morgan fingerprint density at radius 2 is 1.45 bits per heavy atom. The number of esters is 1. The molecule has 3 N–H and O–H groups in total. The number of halogens is 1. The van der Waals surface area contributed by atoms with Crippen LogP contribution in [0.5, 0.6) is 17.2 Å². The second-order valence-electron chi connectivity index (χ2n) is 16.3. The number of hydrogen-bond acceptors (Lipinski definition) is 11. The lowest BCUT2D eigenvalue weighted by molar-refractivity contribution is -0.157. The topological polar surface area (TPSA) is 164 Å². The van der Waals surface area contributed by atoms with Gasteiger partial charge in [0.25, 0.3) is 0 Å². The number of carbonyl (C=O) groups is 4. The number of ketones is 1. The third kappa shape index (κ3) is 10.5. The van der Waals surface area contributed by atoms with Gasteiger partial charge in [0.1, 0.15) is 53.3 Å². The van der Waals surface area contributed by atoms with Gasteiger partial charge in [-0.2, -0.15) is 0 Å². The molecule has 0 aliphatic carbocycles. The summed E-state index contributed by atoms with van der Waals surface area (Å²) < 4.78 is 35.2. The molecule has 2 aliphatic rings. The Bertz CT molecular complexity index is 2470. The minimum atomic E-state index is -1.27. The highest BCUT2D eigenvalue weighted by atomic mass is 79.9. The van der Waals surface area contributed by atoms with Crippen molar-refractivity contribution in [2.24, 2.45) is 0 Å². The van der Waals surface area contributed by atoms with Crippen LogP contribution in [0.1, 0.15) is 78.4 Å². The molecule has 0 radical (unpaired) electrons. The normalized spacial score (nSPS) is 18.7. The van der Waals surface area contributed by atoms with Gasteiger partial charge in [-0.3, -0.25) is 24.5 Å². The lowest BCUT2D eigenvalue weighted by Crippen LogP contribution is -2.44. The summed E-state index contributed by atoms with van der Waals surface area (Å²) in [5, 5.41) is 9.39. The molecule has 1 aromatic heterocycles. The summed E-state index contributed by atoms with van der Waals surface area (Å²) in [4.78, 5) is 53.7. The summed E-state index contributed by atoms with van der Waals surface area (Å²) in [7, 11) is 0. The minimum absolute atomic E-state index is 0.120. The number of terminal acetylenes is 1. The molecule has 2 aliphatic heterocycles. The largest absolute Gasteiger partial charge is 0.494 e. The van der Waals surface area contributed by atoms with E-state index in [1.165, 1.54) is 0 Å². The molecule has 5 aromatic rings. The summed E-state index contributed by atoms with van der Waals surface area (Å²) >= 11 is 3.41. The highest BCUT2D eigenvalue weighted by Gasteiger charge is 2.67. The Labute approximate surface area is 380 Å². The molecule has 14 heteroatoms. The van der Waals surface area contributed by atoms with Gasteiger partial charge in [-0.1, -0.05) is 36.3 Å². The van der Waals surface area contributed by atoms with Crippen LogP contribution in [0.4, 0.5) is 5.69 Å². The Kier molecular flexibility index (Phi) is 14.5. The first-order chi connectivity index (χ1) is 30.9. The SMILES string of the molecule is C#CCOc1ccc(C(=O)c2ccc(OCCOCCNC(=O)CCCOc3ccc([C@@H]4[C@@H](C(=O)OC(C)(C)C)N[C@H](c5ccc(Br)o5)[C@@]45C(=O)Nc4ccccc45)cc3)cc2)cc1. The van der Waals surface area contributed by atoms with Gasteiger partial charge in [0.2, 0.25) is 11.8 Å². The van der Waals surface area contributed by atoms with Crippen LogP contribution in [0.15, 0.2) is 118 Å². The number of furan rings is 1. The molecule has 1 saturated heterocycles. The number of hydrogen-bond donors (Lipinski definition) is 3. The fourth-order valence-electron chi connectivity index (χ4n) is 8.12. The van der Waals surface area contributed by atoms with E-state index in [1.807, 2.05) is 69.3 Å². The fraction of sp³-hybridized carbons (Fsp3) is 0.320. The molecule has 4 aromatic carbocycles. The standard InChI is InChI=1S/C50H50BrN3O10/c1-5-27-60-35-20-14-33(15-21-35)45(56)34-16-22-37(23-17-34)62-31-30-59-29-26-52-42(55)11-8-28-61-36-18-12-32(13-19-36)43-44(47(57)64-49(2,3)4)54-46(40-24-25-41(51)63-40)50(43)38-9-6-7-10-39(38)53-48(50)58/h1,6-7,9-10,12-25,43-44,46,54H,8,11,26-31H2,2-4H3,(H,52,55)(H,53,58)/t43-,44+,46-,50+/m1/s1. The van der Waals surface area contributed by atoms with E-state index in [0.29, 0.717) is 83.9 Å². The van der Waals surface area contributed by atoms with Gasteiger partial charge in [-0.25, -0.2) is 0 Å². The highest BCUT2D eigenvalue weighted by molar-refractivity contribution is 9.10. The Hall–Kier alpha value is -6.40. The van der Waals surface area contributed by atoms with Gasteiger partial charge in [-0.15, -0.1) is 6.42 Å². The van der Waals surface area contributed by atoms with Crippen molar-refractivity contribution in [3.63, 3.8) is 0 Å². The van der Waals surface area contributed by atoms with E-state index in [4.69, 9.17) is 34.5 Å². The quantitative estimate of drug-likeness (QED) is 0.0322. The lowest BCUT2D eigenvalue weighted by atomic mass is 9.64. The Morgan fingerprint density at radius 3 is 2.09 bits per heavy atom. The number of fused-ring (bicyclic) bond motifs is 2. The van der Waals surface area contributed by atoms with Gasteiger partial charge < -0.3 is 38.7 Å². The molecular formula is C50H50BrN3O10. The molecule has 64 heavy (non-hydrogen) atoms. The molecule has 3 heterocycles. The fourth-order valence-corrected chi connectivity index (χ4v) is 8.44. The number of nitrogens with one attached hydrogen (secondary N) is 3. The Balaban J connectivity index is 0.861. The van der Waals surface area contributed by atoms with Gasteiger partial charge in [-0.05, 0) is 133 Å². The third-order valence-electron chi connectivity index (χ3n) is 10.8. The molecule has 0 saturated carbocycles. The number of benzene rings is 4. The number of carbonyl (C=O) groups excluding carboxylic acids is 4. The van der Waals surface area contributed by atoms with Crippen molar-refractivity contribution in [2.45, 2.75) is 62.6 Å². The van der Waals surface area contributed by atoms with Crippen LogP contribution in [0, 0.1) is 12.3 Å². The number of anilines is 1. The summed E-state index contributed by atoms with van der Waals surface area (Å²) in [6.45, 7) is 7.17. The van der Waals surface area contributed by atoms with E-state index < -0.39 is 35.0 Å². The molecular weight excluding hydrogens is 882 g/mol. The number of para-hydroxylation sites is 1. The second-order valence-corrected chi connectivity index (χ2v) is 17.1. The van der Waals surface area contributed by atoms with Gasteiger partial charge in [0.15, 0.2) is 10.5 Å². The average Bonchev–Trinajstić information content (AvgIpc) is 3.97. The smallest absolute Gasteiger partial charge is 0.324 e. The molecule has 0 unspecified atom stereocenters. The summed E-state index contributed by atoms with van der Waals surface area (Å²) in [5.41, 5.74) is 1.18. The van der Waals surface area contributed by atoms with Crippen molar-refractivity contribution >= 4 is 45.2 Å². The average molecular weight is 933 g/mol. The number of rotatable bonds is 19. The van der Waals surface area contributed by atoms with E-state index in [9.17, 15) is 19.2 Å². The van der Waals surface area contributed by atoms with Crippen LogP contribution >= 0.6 is 15.9 Å². The molecule has 2 amide bonds. The first kappa shape index (κ1) is 45.6. The molecule has 332 valence electrons. The number of amides is 2. The van der Waals surface area contributed by atoms with Crippen LogP contribution in [0.2, 0.25) is 0 Å².